The van der Waals surface area contributed by atoms with Crippen molar-refractivity contribution >= 4 is 33.5 Å². The molecule has 1 aromatic rings. The summed E-state index contributed by atoms with van der Waals surface area (Å²) in [7, 11) is 0. The molecule has 0 bridgehead atoms. The highest BCUT2D eigenvalue weighted by molar-refractivity contribution is 9.10. The molecule has 1 fully saturated rings. The summed E-state index contributed by atoms with van der Waals surface area (Å²) in [5.74, 6) is -1.17. The lowest BCUT2D eigenvalue weighted by molar-refractivity contribution is -0.138. The number of hydrogen-bond acceptors (Lipinski definition) is 3. The van der Waals surface area contributed by atoms with E-state index in [0.717, 1.165) is 12.8 Å². The monoisotopic (exact) mass is 340 g/mol. The zero-order valence-corrected chi connectivity index (χ0v) is 12.6. The lowest BCUT2D eigenvalue weighted by atomic mass is 9.92. The highest BCUT2D eigenvalue weighted by Gasteiger charge is 2.37. The number of nitrogens with two attached hydrogens (primary N) is 1. The van der Waals surface area contributed by atoms with E-state index in [-0.39, 0.29) is 12.3 Å². The number of carboxylic acids is 1. The van der Waals surface area contributed by atoms with E-state index >= 15 is 0 Å². The van der Waals surface area contributed by atoms with Crippen molar-refractivity contribution < 1.29 is 14.7 Å². The predicted molar refractivity (Wildman–Crippen MR) is 79.5 cm³/mol. The number of carbonyl (C=O) groups excluding carboxylic acids is 1. The van der Waals surface area contributed by atoms with Crippen LogP contribution in [0, 0.1) is 0 Å². The van der Waals surface area contributed by atoms with Gasteiger partial charge in [0.1, 0.15) is 0 Å². The van der Waals surface area contributed by atoms with Crippen molar-refractivity contribution in [1.29, 1.82) is 0 Å². The molecule has 5 nitrogen and oxygen atoms in total. The van der Waals surface area contributed by atoms with Crippen molar-refractivity contribution in [3.05, 3.63) is 28.2 Å². The van der Waals surface area contributed by atoms with E-state index in [0.29, 0.717) is 28.6 Å². The van der Waals surface area contributed by atoms with Gasteiger partial charge in [-0.25, -0.2) is 0 Å². The number of rotatable bonds is 4. The Morgan fingerprint density at radius 3 is 2.60 bits per heavy atom. The molecule has 6 heteroatoms. The highest BCUT2D eigenvalue weighted by Crippen LogP contribution is 2.33. The summed E-state index contributed by atoms with van der Waals surface area (Å²) in [4.78, 5) is 23.4. The second kappa shape index (κ2) is 5.83. The van der Waals surface area contributed by atoms with Gasteiger partial charge in [-0.2, -0.15) is 0 Å². The van der Waals surface area contributed by atoms with Gasteiger partial charge in [-0.3, -0.25) is 9.59 Å². The topological polar surface area (TPSA) is 92.4 Å². The van der Waals surface area contributed by atoms with Gasteiger partial charge < -0.3 is 16.2 Å². The van der Waals surface area contributed by atoms with Crippen LogP contribution in [0.25, 0.3) is 0 Å². The Labute approximate surface area is 125 Å². The maximum absolute atomic E-state index is 12.4. The van der Waals surface area contributed by atoms with E-state index in [4.69, 9.17) is 10.8 Å². The third-order valence-electron chi connectivity index (χ3n) is 3.66. The molecule has 0 aliphatic heterocycles. The molecular weight excluding hydrogens is 324 g/mol. The van der Waals surface area contributed by atoms with Crippen molar-refractivity contribution in [2.75, 3.05) is 5.73 Å². The van der Waals surface area contributed by atoms with Crippen LogP contribution in [0.5, 0.6) is 0 Å². The Kier molecular flexibility index (Phi) is 4.32. The fourth-order valence-corrected chi connectivity index (χ4v) is 3.14. The molecule has 1 aromatic carbocycles. The SMILES string of the molecule is Nc1ccc(Br)c(C(=O)NC2(CC(=O)O)CCCC2)c1. The average Bonchev–Trinajstić information content (AvgIpc) is 2.79. The van der Waals surface area contributed by atoms with Crippen molar-refractivity contribution in [2.24, 2.45) is 0 Å². The Bertz CT molecular complexity index is 539. The number of benzene rings is 1. The molecular formula is C14H17BrN2O3. The van der Waals surface area contributed by atoms with Gasteiger partial charge in [-0.1, -0.05) is 12.8 Å². The van der Waals surface area contributed by atoms with Gasteiger partial charge in [0.2, 0.25) is 0 Å². The first-order chi connectivity index (χ1) is 9.42. The summed E-state index contributed by atoms with van der Waals surface area (Å²) < 4.78 is 0.646. The molecule has 1 aliphatic carbocycles. The Hall–Kier alpha value is -1.56. The standard InChI is InChI=1S/C14H17BrN2O3/c15-11-4-3-9(16)7-10(11)13(20)17-14(8-12(18)19)5-1-2-6-14/h3-4,7H,1-2,5-6,8,16H2,(H,17,20)(H,18,19). The van der Waals surface area contributed by atoms with Crippen LogP contribution >= 0.6 is 15.9 Å². The number of aliphatic carboxylic acids is 1. The molecule has 0 radical (unpaired) electrons. The van der Waals surface area contributed by atoms with Crippen molar-refractivity contribution in [2.45, 2.75) is 37.6 Å². The molecule has 1 saturated carbocycles. The zero-order chi connectivity index (χ0) is 14.8. The van der Waals surface area contributed by atoms with Crippen LogP contribution in [-0.4, -0.2) is 22.5 Å². The average molecular weight is 341 g/mol. The zero-order valence-electron chi connectivity index (χ0n) is 11.0. The lowest BCUT2D eigenvalue weighted by Crippen LogP contribution is -2.47. The normalized spacial score (nSPS) is 16.9. The van der Waals surface area contributed by atoms with Gasteiger partial charge in [-0.15, -0.1) is 0 Å². The molecule has 108 valence electrons. The predicted octanol–water partition coefficient (Wildman–Crippen LogP) is 2.55. The smallest absolute Gasteiger partial charge is 0.305 e. The maximum Gasteiger partial charge on any atom is 0.305 e. The van der Waals surface area contributed by atoms with E-state index in [2.05, 4.69) is 21.2 Å². The van der Waals surface area contributed by atoms with Gasteiger partial charge in [0, 0.05) is 10.2 Å². The maximum atomic E-state index is 12.4. The van der Waals surface area contributed by atoms with Crippen molar-refractivity contribution in [3.63, 3.8) is 0 Å². The number of carbonyl (C=O) groups is 2. The van der Waals surface area contributed by atoms with E-state index in [1.807, 2.05) is 0 Å². The van der Waals surface area contributed by atoms with Crippen LogP contribution in [0.4, 0.5) is 5.69 Å². The van der Waals surface area contributed by atoms with Crippen LogP contribution in [0.15, 0.2) is 22.7 Å². The molecule has 0 saturated heterocycles. The number of halogens is 1. The Morgan fingerprint density at radius 2 is 2.00 bits per heavy atom. The van der Waals surface area contributed by atoms with Gasteiger partial charge in [-0.05, 0) is 47.0 Å². The number of nitrogen functional groups attached to an aromatic ring is 1. The molecule has 0 heterocycles. The summed E-state index contributed by atoms with van der Waals surface area (Å²) >= 11 is 3.32. The molecule has 0 unspecified atom stereocenters. The van der Waals surface area contributed by atoms with Crippen molar-refractivity contribution in [1.82, 2.24) is 5.32 Å². The molecule has 20 heavy (non-hydrogen) atoms. The molecule has 4 N–H and O–H groups in total. The third-order valence-corrected chi connectivity index (χ3v) is 4.36. The minimum Gasteiger partial charge on any atom is -0.481 e. The number of hydrogen-bond donors (Lipinski definition) is 3. The van der Waals surface area contributed by atoms with E-state index in [9.17, 15) is 9.59 Å². The number of nitrogens with one attached hydrogen (secondary N) is 1. The summed E-state index contributed by atoms with van der Waals surface area (Å²) in [6.45, 7) is 0. The van der Waals surface area contributed by atoms with Crippen LogP contribution in [0.2, 0.25) is 0 Å². The van der Waals surface area contributed by atoms with Gasteiger partial charge >= 0.3 is 5.97 Å². The minimum absolute atomic E-state index is 0.0430. The minimum atomic E-state index is -0.890. The molecule has 0 spiro atoms. The van der Waals surface area contributed by atoms with E-state index < -0.39 is 11.5 Å². The third kappa shape index (κ3) is 3.30. The lowest BCUT2D eigenvalue weighted by Gasteiger charge is -2.29. The molecule has 2 rings (SSSR count). The van der Waals surface area contributed by atoms with Gasteiger partial charge in [0.25, 0.3) is 5.91 Å². The highest BCUT2D eigenvalue weighted by atomic mass is 79.9. The fourth-order valence-electron chi connectivity index (χ4n) is 2.71. The van der Waals surface area contributed by atoms with Crippen LogP contribution in [0.3, 0.4) is 0 Å². The van der Waals surface area contributed by atoms with E-state index in [1.165, 1.54) is 0 Å². The fraction of sp³-hybridized carbons (Fsp3) is 0.429. The summed E-state index contributed by atoms with van der Waals surface area (Å²) in [5, 5.41) is 11.9. The van der Waals surface area contributed by atoms with E-state index in [1.54, 1.807) is 18.2 Å². The number of carboxylic acid groups (broad SMARTS) is 1. The second-order valence-corrected chi connectivity index (χ2v) is 6.11. The number of amides is 1. The second-order valence-electron chi connectivity index (χ2n) is 5.25. The van der Waals surface area contributed by atoms with Crippen LogP contribution in [0.1, 0.15) is 42.5 Å². The molecule has 1 amide bonds. The Balaban J connectivity index is 2.20. The quantitative estimate of drug-likeness (QED) is 0.734. The first-order valence-electron chi connectivity index (χ1n) is 6.51. The van der Waals surface area contributed by atoms with Gasteiger partial charge in [0.05, 0.1) is 17.5 Å². The first kappa shape index (κ1) is 14.8. The summed E-state index contributed by atoms with van der Waals surface area (Å²) in [6, 6.07) is 5.00. The molecule has 0 aromatic heterocycles. The summed E-state index contributed by atoms with van der Waals surface area (Å²) in [5.41, 5.74) is 5.99. The Morgan fingerprint density at radius 1 is 1.35 bits per heavy atom. The summed E-state index contributed by atoms with van der Waals surface area (Å²) in [6.07, 6.45) is 3.23. The van der Waals surface area contributed by atoms with Crippen LogP contribution in [-0.2, 0) is 4.79 Å². The van der Waals surface area contributed by atoms with Crippen LogP contribution < -0.4 is 11.1 Å². The van der Waals surface area contributed by atoms with Gasteiger partial charge in [0.15, 0.2) is 0 Å². The largest absolute Gasteiger partial charge is 0.481 e. The molecule has 0 atom stereocenters. The van der Waals surface area contributed by atoms with Crippen molar-refractivity contribution in [3.8, 4) is 0 Å². The first-order valence-corrected chi connectivity index (χ1v) is 7.30. The molecule has 1 aliphatic rings. The number of anilines is 1.